The molecule has 1 aliphatic rings. The van der Waals surface area contributed by atoms with Gasteiger partial charge in [0.2, 0.25) is 0 Å². The molecule has 10 heteroatoms. The van der Waals surface area contributed by atoms with Crippen LogP contribution in [0.2, 0.25) is 0 Å². The number of alkyl halides is 3. The van der Waals surface area contributed by atoms with E-state index in [-0.39, 0.29) is 18.1 Å². The number of piperazine rings is 1. The van der Waals surface area contributed by atoms with Gasteiger partial charge in [0.1, 0.15) is 5.82 Å². The van der Waals surface area contributed by atoms with Gasteiger partial charge < -0.3 is 20.9 Å². The number of pyridine rings is 1. The van der Waals surface area contributed by atoms with Gasteiger partial charge in [0.25, 0.3) is 0 Å². The van der Waals surface area contributed by atoms with E-state index in [2.05, 4.69) is 10.3 Å². The Labute approximate surface area is 171 Å². The number of nitrogens with one attached hydrogen (secondary N) is 1. The highest BCUT2D eigenvalue weighted by Gasteiger charge is 2.36. The molecule has 7 nitrogen and oxygen atoms in total. The fraction of sp³-hybridized carbons (Fsp3) is 0.350. The van der Waals surface area contributed by atoms with Gasteiger partial charge in [-0.3, -0.25) is 0 Å². The summed E-state index contributed by atoms with van der Waals surface area (Å²) in [6.45, 7) is 4.32. The molecule has 0 spiro atoms. The van der Waals surface area contributed by atoms with Crippen LogP contribution in [0, 0.1) is 11.3 Å². The highest BCUT2D eigenvalue weighted by molar-refractivity contribution is 5.89. The minimum absolute atomic E-state index is 0.231. The van der Waals surface area contributed by atoms with Gasteiger partial charge in [0.05, 0.1) is 29.1 Å². The molecule has 0 aliphatic carbocycles. The number of hydrogen-bond donors (Lipinski definition) is 2. The average molecular weight is 418 g/mol. The largest absolute Gasteiger partial charge is 0.417 e. The lowest BCUT2D eigenvalue weighted by atomic mass is 10.0. The number of nitriles is 1. The molecule has 1 aromatic carbocycles. The Morgan fingerprint density at radius 3 is 2.57 bits per heavy atom. The maximum absolute atomic E-state index is 13.3. The van der Waals surface area contributed by atoms with Crippen molar-refractivity contribution >= 4 is 23.2 Å². The number of aromatic nitrogens is 1. The smallest absolute Gasteiger partial charge is 0.384 e. The summed E-state index contributed by atoms with van der Waals surface area (Å²) in [5.41, 5.74) is 5.03. The number of amides is 2. The fourth-order valence-electron chi connectivity index (χ4n) is 3.49. The molecule has 2 atom stereocenters. The Morgan fingerprint density at radius 2 is 1.97 bits per heavy atom. The molecule has 3 N–H and O–H groups in total. The minimum atomic E-state index is -4.62. The van der Waals surface area contributed by atoms with Crippen LogP contribution in [-0.2, 0) is 6.18 Å². The van der Waals surface area contributed by atoms with E-state index in [1.807, 2.05) is 18.7 Å². The lowest BCUT2D eigenvalue weighted by Crippen LogP contribution is -2.59. The first-order valence-electron chi connectivity index (χ1n) is 9.27. The van der Waals surface area contributed by atoms with Crippen molar-refractivity contribution in [2.75, 3.05) is 29.0 Å². The Morgan fingerprint density at radius 1 is 1.23 bits per heavy atom. The summed E-state index contributed by atoms with van der Waals surface area (Å²) in [4.78, 5) is 20.0. The van der Waals surface area contributed by atoms with Crippen LogP contribution in [0.4, 0.5) is 35.2 Å². The van der Waals surface area contributed by atoms with Gasteiger partial charge in [-0.15, -0.1) is 0 Å². The zero-order chi connectivity index (χ0) is 22.1. The Hall–Kier alpha value is -3.48. The molecule has 30 heavy (non-hydrogen) atoms. The van der Waals surface area contributed by atoms with E-state index in [0.717, 1.165) is 6.07 Å². The van der Waals surface area contributed by atoms with Crippen LogP contribution in [0.15, 0.2) is 36.5 Å². The van der Waals surface area contributed by atoms with Crippen LogP contribution in [0.5, 0.6) is 0 Å². The predicted octanol–water partition coefficient (Wildman–Crippen LogP) is 3.69. The normalized spacial score (nSPS) is 19.3. The number of hydrogen-bond acceptors (Lipinski definition) is 5. The van der Waals surface area contributed by atoms with Gasteiger partial charge in [0.15, 0.2) is 0 Å². The number of nitrogens with two attached hydrogens (primary N) is 1. The molecule has 2 amide bonds. The lowest BCUT2D eigenvalue weighted by molar-refractivity contribution is -0.137. The molecule has 3 rings (SSSR count). The predicted molar refractivity (Wildman–Crippen MR) is 107 cm³/mol. The number of anilines is 3. The first-order chi connectivity index (χ1) is 14.1. The van der Waals surface area contributed by atoms with E-state index in [9.17, 15) is 18.0 Å². The molecule has 1 fully saturated rings. The summed E-state index contributed by atoms with van der Waals surface area (Å²) in [5.74, 6) is 0.337. The zero-order valence-electron chi connectivity index (χ0n) is 16.4. The number of carbonyl (C=O) groups excluding carboxylic acids is 1. The lowest BCUT2D eigenvalue weighted by Gasteiger charge is -2.45. The van der Waals surface area contributed by atoms with Crippen molar-refractivity contribution in [3.63, 3.8) is 0 Å². The van der Waals surface area contributed by atoms with E-state index < -0.39 is 17.3 Å². The number of nitrogens with zero attached hydrogens (tertiary/aromatic N) is 4. The Kier molecular flexibility index (Phi) is 5.73. The standard InChI is InChI=1S/C20H21F3N6O/c1-12-11-29(19(30)27-15-4-6-18(25)26-9-15)13(2)10-28(12)16-5-3-14(8-24)17(7-16)20(21,22)23/h3-7,9,12-13H,10-11H2,1-2H3,(H2,25,26)(H,27,30)/t12-,13+/m0/s1. The molecular weight excluding hydrogens is 397 g/mol. The van der Waals surface area contributed by atoms with Crippen molar-refractivity contribution in [3.8, 4) is 6.07 Å². The van der Waals surface area contributed by atoms with E-state index in [0.29, 0.717) is 30.3 Å². The number of nitrogen functional groups attached to an aromatic ring is 1. The van der Waals surface area contributed by atoms with Crippen molar-refractivity contribution in [1.82, 2.24) is 9.88 Å². The SMILES string of the molecule is C[C@@H]1CN(c2ccc(C#N)c(C(F)(F)F)c2)[C@@H](C)CN1C(=O)Nc1ccc(N)nc1. The number of benzene rings is 1. The monoisotopic (exact) mass is 418 g/mol. The van der Waals surface area contributed by atoms with E-state index in [1.165, 1.54) is 18.3 Å². The maximum Gasteiger partial charge on any atom is 0.417 e. The van der Waals surface area contributed by atoms with E-state index >= 15 is 0 Å². The van der Waals surface area contributed by atoms with E-state index in [1.54, 1.807) is 23.1 Å². The molecule has 0 bridgehead atoms. The third kappa shape index (κ3) is 4.40. The van der Waals surface area contributed by atoms with Crippen LogP contribution in [0.3, 0.4) is 0 Å². The molecule has 2 aromatic rings. The number of rotatable bonds is 2. The van der Waals surface area contributed by atoms with Crippen molar-refractivity contribution in [2.24, 2.45) is 0 Å². The first kappa shape index (κ1) is 21.2. The third-order valence-corrected chi connectivity index (χ3v) is 5.05. The van der Waals surface area contributed by atoms with E-state index in [4.69, 9.17) is 11.0 Å². The summed E-state index contributed by atoms with van der Waals surface area (Å²) in [7, 11) is 0. The fourth-order valence-corrected chi connectivity index (χ4v) is 3.49. The molecule has 1 saturated heterocycles. The quantitative estimate of drug-likeness (QED) is 0.775. The van der Waals surface area contributed by atoms with Crippen molar-refractivity contribution < 1.29 is 18.0 Å². The van der Waals surface area contributed by atoms with Crippen LogP contribution in [0.1, 0.15) is 25.0 Å². The number of urea groups is 1. The topological polar surface area (TPSA) is 98.3 Å². The highest BCUT2D eigenvalue weighted by Crippen LogP contribution is 2.35. The highest BCUT2D eigenvalue weighted by atomic mass is 19.4. The van der Waals surface area contributed by atoms with Gasteiger partial charge >= 0.3 is 12.2 Å². The van der Waals surface area contributed by atoms with Crippen LogP contribution in [0.25, 0.3) is 0 Å². The molecule has 1 aliphatic heterocycles. The van der Waals surface area contributed by atoms with Gasteiger partial charge in [-0.25, -0.2) is 9.78 Å². The van der Waals surface area contributed by atoms with Crippen LogP contribution >= 0.6 is 0 Å². The first-order valence-corrected chi connectivity index (χ1v) is 9.27. The maximum atomic E-state index is 13.3. The van der Waals surface area contributed by atoms with Crippen molar-refractivity contribution in [2.45, 2.75) is 32.1 Å². The van der Waals surface area contributed by atoms with Gasteiger partial charge in [-0.2, -0.15) is 18.4 Å². The van der Waals surface area contributed by atoms with Gasteiger partial charge in [-0.1, -0.05) is 0 Å². The second kappa shape index (κ2) is 8.10. The van der Waals surface area contributed by atoms with Crippen molar-refractivity contribution in [1.29, 1.82) is 5.26 Å². The number of carbonyl (C=O) groups is 1. The molecule has 0 saturated carbocycles. The molecule has 0 radical (unpaired) electrons. The molecule has 0 unspecified atom stereocenters. The summed E-state index contributed by atoms with van der Waals surface area (Å²) in [6.07, 6.45) is -3.17. The zero-order valence-corrected chi connectivity index (χ0v) is 16.4. The number of halogens is 3. The summed E-state index contributed by atoms with van der Waals surface area (Å²) >= 11 is 0. The molecular formula is C20H21F3N6O. The Balaban J connectivity index is 1.77. The van der Waals surface area contributed by atoms with Crippen molar-refractivity contribution in [3.05, 3.63) is 47.7 Å². The average Bonchev–Trinajstić information content (AvgIpc) is 2.70. The Bertz CT molecular complexity index is 970. The van der Waals surface area contributed by atoms with Crippen LogP contribution in [-0.4, -0.2) is 41.1 Å². The van der Waals surface area contributed by atoms with Gasteiger partial charge in [0, 0.05) is 30.9 Å². The third-order valence-electron chi connectivity index (χ3n) is 5.05. The molecule has 1 aromatic heterocycles. The summed E-state index contributed by atoms with van der Waals surface area (Å²) in [5, 5.41) is 11.7. The summed E-state index contributed by atoms with van der Waals surface area (Å²) in [6, 6.07) is 7.68. The second-order valence-electron chi connectivity index (χ2n) is 7.24. The van der Waals surface area contributed by atoms with Gasteiger partial charge in [-0.05, 0) is 44.2 Å². The minimum Gasteiger partial charge on any atom is -0.384 e. The molecule has 2 heterocycles. The summed E-state index contributed by atoms with van der Waals surface area (Å²) < 4.78 is 39.9. The molecule has 158 valence electrons. The van der Waals surface area contributed by atoms with Crippen LogP contribution < -0.4 is 16.0 Å². The second-order valence-corrected chi connectivity index (χ2v) is 7.24.